The molecule has 0 aliphatic carbocycles. The van der Waals surface area contributed by atoms with Gasteiger partial charge in [-0.15, -0.1) is 0 Å². The maximum absolute atomic E-state index is 12.1. The minimum atomic E-state index is -0.389. The molecule has 106 valence electrons. The van der Waals surface area contributed by atoms with Gasteiger partial charge in [0.2, 0.25) is 0 Å². The number of likely N-dealkylation sites (tertiary alicyclic amines) is 1. The molecule has 18 heavy (non-hydrogen) atoms. The summed E-state index contributed by atoms with van der Waals surface area (Å²) in [6.45, 7) is 11.7. The van der Waals surface area contributed by atoms with Crippen LogP contribution in [0.4, 0.5) is 4.79 Å². The summed E-state index contributed by atoms with van der Waals surface area (Å²) in [4.78, 5) is 16.3. The SMILES string of the molecule is CC.CN1CC2CCC(C1)N2C(=O)OC(C)(C)C. The second kappa shape index (κ2) is 5.91. The Labute approximate surface area is 111 Å². The molecular weight excluding hydrogens is 228 g/mol. The smallest absolute Gasteiger partial charge is 0.410 e. The van der Waals surface area contributed by atoms with Gasteiger partial charge in [-0.3, -0.25) is 4.90 Å². The number of nitrogens with zero attached hydrogens (tertiary/aromatic N) is 2. The van der Waals surface area contributed by atoms with Crippen molar-refractivity contribution in [3.8, 4) is 0 Å². The Morgan fingerprint density at radius 1 is 1.11 bits per heavy atom. The summed E-state index contributed by atoms with van der Waals surface area (Å²) >= 11 is 0. The molecule has 4 heteroatoms. The van der Waals surface area contributed by atoms with Crippen LogP contribution in [-0.2, 0) is 4.74 Å². The lowest BCUT2D eigenvalue weighted by atomic mass is 10.2. The van der Waals surface area contributed by atoms with Crippen LogP contribution in [0, 0.1) is 0 Å². The zero-order valence-corrected chi connectivity index (χ0v) is 12.7. The van der Waals surface area contributed by atoms with Crippen molar-refractivity contribution in [1.82, 2.24) is 9.80 Å². The Morgan fingerprint density at radius 3 is 1.94 bits per heavy atom. The number of hydrogen-bond donors (Lipinski definition) is 0. The van der Waals surface area contributed by atoms with Crippen molar-refractivity contribution in [3.05, 3.63) is 0 Å². The first kappa shape index (κ1) is 15.3. The van der Waals surface area contributed by atoms with E-state index in [-0.39, 0.29) is 11.7 Å². The molecule has 1 amide bonds. The summed E-state index contributed by atoms with van der Waals surface area (Å²) in [5, 5.41) is 0. The predicted molar refractivity (Wildman–Crippen MR) is 73.7 cm³/mol. The van der Waals surface area contributed by atoms with E-state index < -0.39 is 0 Å². The number of likely N-dealkylation sites (N-methyl/N-ethyl adjacent to an activating group) is 1. The fourth-order valence-corrected chi connectivity index (χ4v) is 2.73. The highest BCUT2D eigenvalue weighted by atomic mass is 16.6. The van der Waals surface area contributed by atoms with Gasteiger partial charge in [-0.2, -0.15) is 0 Å². The van der Waals surface area contributed by atoms with Crippen molar-refractivity contribution in [1.29, 1.82) is 0 Å². The quantitative estimate of drug-likeness (QED) is 0.668. The van der Waals surface area contributed by atoms with Crippen molar-refractivity contribution in [2.45, 2.75) is 65.1 Å². The standard InChI is InChI=1S/C12H22N2O2.C2H6/c1-12(2,3)16-11(15)14-9-5-6-10(14)8-13(4)7-9;1-2/h9-10H,5-8H2,1-4H3;1-2H3. The van der Waals surface area contributed by atoms with Gasteiger partial charge in [0.05, 0.1) is 0 Å². The largest absolute Gasteiger partial charge is 0.444 e. The van der Waals surface area contributed by atoms with E-state index in [1.807, 2.05) is 39.5 Å². The summed E-state index contributed by atoms with van der Waals surface area (Å²) in [7, 11) is 2.12. The van der Waals surface area contributed by atoms with Crippen LogP contribution < -0.4 is 0 Å². The number of carbonyl (C=O) groups excluding carboxylic acids is 1. The van der Waals surface area contributed by atoms with Gasteiger partial charge in [0.1, 0.15) is 5.60 Å². The lowest BCUT2D eigenvalue weighted by molar-refractivity contribution is -0.00115. The van der Waals surface area contributed by atoms with Crippen LogP contribution in [0.2, 0.25) is 0 Å². The second-order valence-electron chi connectivity index (χ2n) is 5.99. The zero-order valence-electron chi connectivity index (χ0n) is 12.7. The molecule has 4 nitrogen and oxygen atoms in total. The van der Waals surface area contributed by atoms with Crippen LogP contribution in [0.1, 0.15) is 47.5 Å². The van der Waals surface area contributed by atoms with Crippen molar-refractivity contribution >= 4 is 6.09 Å². The molecular formula is C14H28N2O2. The van der Waals surface area contributed by atoms with Gasteiger partial charge in [0.15, 0.2) is 0 Å². The first-order valence-electron chi connectivity index (χ1n) is 7.07. The average molecular weight is 256 g/mol. The van der Waals surface area contributed by atoms with E-state index >= 15 is 0 Å². The minimum Gasteiger partial charge on any atom is -0.444 e. The lowest BCUT2D eigenvalue weighted by Crippen LogP contribution is -2.55. The van der Waals surface area contributed by atoms with Crippen LogP contribution in [-0.4, -0.2) is 53.7 Å². The van der Waals surface area contributed by atoms with E-state index in [9.17, 15) is 4.79 Å². The number of hydrogen-bond acceptors (Lipinski definition) is 3. The third-order valence-electron chi connectivity index (χ3n) is 3.27. The fraction of sp³-hybridized carbons (Fsp3) is 0.929. The molecule has 2 aliphatic rings. The summed E-state index contributed by atoms with van der Waals surface area (Å²) in [6.07, 6.45) is 2.11. The first-order chi connectivity index (χ1) is 8.37. The molecule has 2 bridgehead atoms. The second-order valence-corrected chi connectivity index (χ2v) is 5.99. The Kier molecular flexibility index (Phi) is 5.02. The number of carbonyl (C=O) groups is 1. The summed E-state index contributed by atoms with van der Waals surface area (Å²) in [5.41, 5.74) is -0.389. The Hall–Kier alpha value is -0.770. The van der Waals surface area contributed by atoms with Crippen LogP contribution in [0.5, 0.6) is 0 Å². The topological polar surface area (TPSA) is 32.8 Å². The monoisotopic (exact) mass is 256 g/mol. The number of ether oxygens (including phenoxy) is 1. The van der Waals surface area contributed by atoms with E-state index in [2.05, 4.69) is 11.9 Å². The van der Waals surface area contributed by atoms with Crippen molar-refractivity contribution in [3.63, 3.8) is 0 Å². The maximum Gasteiger partial charge on any atom is 0.410 e. The number of fused-ring (bicyclic) bond motifs is 2. The summed E-state index contributed by atoms with van der Waals surface area (Å²) in [6, 6.07) is 0.720. The highest BCUT2D eigenvalue weighted by Gasteiger charge is 2.43. The predicted octanol–water partition coefficient (Wildman–Crippen LogP) is 2.73. The molecule has 2 aliphatic heterocycles. The van der Waals surface area contributed by atoms with E-state index in [1.165, 1.54) is 0 Å². The highest BCUT2D eigenvalue weighted by Crippen LogP contribution is 2.30. The molecule has 0 N–H and O–H groups in total. The molecule has 0 spiro atoms. The molecule has 0 aromatic heterocycles. The normalized spacial score (nSPS) is 27.6. The fourth-order valence-electron chi connectivity index (χ4n) is 2.73. The number of piperazine rings is 1. The van der Waals surface area contributed by atoms with Gasteiger partial charge in [0, 0.05) is 25.2 Å². The van der Waals surface area contributed by atoms with Crippen LogP contribution in [0.15, 0.2) is 0 Å². The van der Waals surface area contributed by atoms with Crippen LogP contribution in [0.25, 0.3) is 0 Å². The van der Waals surface area contributed by atoms with Gasteiger partial charge >= 0.3 is 6.09 Å². The molecule has 2 saturated heterocycles. The van der Waals surface area contributed by atoms with Gasteiger partial charge in [-0.25, -0.2) is 4.79 Å². The molecule has 0 saturated carbocycles. The lowest BCUT2D eigenvalue weighted by Gasteiger charge is -2.39. The van der Waals surface area contributed by atoms with E-state index in [1.54, 1.807) is 0 Å². The Balaban J connectivity index is 0.000000771. The van der Waals surface area contributed by atoms with Gasteiger partial charge in [-0.1, -0.05) is 13.8 Å². The van der Waals surface area contributed by atoms with Gasteiger partial charge in [-0.05, 0) is 40.7 Å². The van der Waals surface area contributed by atoms with Crippen LogP contribution >= 0.6 is 0 Å². The third kappa shape index (κ3) is 3.61. The average Bonchev–Trinajstić information content (AvgIpc) is 2.52. The van der Waals surface area contributed by atoms with Crippen molar-refractivity contribution < 1.29 is 9.53 Å². The number of amides is 1. The molecule has 2 fully saturated rings. The van der Waals surface area contributed by atoms with Crippen molar-refractivity contribution in [2.24, 2.45) is 0 Å². The first-order valence-corrected chi connectivity index (χ1v) is 7.07. The van der Waals surface area contributed by atoms with Crippen LogP contribution in [0.3, 0.4) is 0 Å². The molecule has 0 aromatic carbocycles. The van der Waals surface area contributed by atoms with E-state index in [4.69, 9.17) is 4.74 Å². The molecule has 0 radical (unpaired) electrons. The Morgan fingerprint density at radius 2 is 1.56 bits per heavy atom. The molecule has 2 heterocycles. The number of rotatable bonds is 0. The molecule has 2 unspecified atom stereocenters. The van der Waals surface area contributed by atoms with E-state index in [0.717, 1.165) is 25.9 Å². The zero-order chi connectivity index (χ0) is 13.9. The molecule has 0 aromatic rings. The maximum atomic E-state index is 12.1. The third-order valence-corrected chi connectivity index (χ3v) is 3.27. The summed E-state index contributed by atoms with van der Waals surface area (Å²) < 4.78 is 5.46. The Bertz CT molecular complexity index is 272. The highest BCUT2D eigenvalue weighted by molar-refractivity contribution is 5.69. The van der Waals surface area contributed by atoms with Gasteiger partial charge < -0.3 is 9.64 Å². The minimum absolute atomic E-state index is 0.131. The van der Waals surface area contributed by atoms with Gasteiger partial charge in [0.25, 0.3) is 0 Å². The molecule has 2 rings (SSSR count). The summed E-state index contributed by atoms with van der Waals surface area (Å²) in [5.74, 6) is 0. The van der Waals surface area contributed by atoms with E-state index in [0.29, 0.717) is 12.1 Å². The molecule has 2 atom stereocenters. The van der Waals surface area contributed by atoms with Crippen molar-refractivity contribution in [2.75, 3.05) is 20.1 Å².